The van der Waals surface area contributed by atoms with Gasteiger partial charge in [0.25, 0.3) is 0 Å². The Hall–Kier alpha value is -2.87. The Morgan fingerprint density at radius 1 is 1.24 bits per heavy atom. The second-order valence-electron chi connectivity index (χ2n) is 4.37. The third kappa shape index (κ3) is 2.43. The maximum atomic E-state index is 8.59. The Labute approximate surface area is 117 Å². The molecule has 3 rings (SSSR count). The Kier molecular flexibility index (Phi) is 3.52. The molecule has 0 amide bonds. The van der Waals surface area contributed by atoms with E-state index in [1.807, 2.05) is 0 Å². The van der Waals surface area contributed by atoms with Crippen LogP contribution in [-0.4, -0.2) is 26.1 Å². The van der Waals surface area contributed by atoms with Crippen LogP contribution in [0.2, 0.25) is 0 Å². The zero-order chi connectivity index (χ0) is 14.7. The average molecular weight is 286 g/mol. The zero-order valence-electron chi connectivity index (χ0n) is 10.9. The van der Waals surface area contributed by atoms with E-state index in [0.29, 0.717) is 17.8 Å². The van der Waals surface area contributed by atoms with Crippen LogP contribution >= 0.6 is 0 Å². The molecule has 0 bridgehead atoms. The molecule has 0 spiro atoms. The zero-order valence-corrected chi connectivity index (χ0v) is 10.9. The highest BCUT2D eigenvalue weighted by Crippen LogP contribution is 2.30. The molecule has 0 aliphatic carbocycles. The normalized spacial score (nSPS) is 18.0. The van der Waals surface area contributed by atoms with Crippen LogP contribution in [0.1, 0.15) is 25.5 Å². The van der Waals surface area contributed by atoms with Crippen molar-refractivity contribution in [2.45, 2.75) is 25.5 Å². The molecule has 1 aliphatic rings. The first kappa shape index (κ1) is 13.1. The molecule has 11 heteroatoms. The molecule has 1 aliphatic heterocycles. The summed E-state index contributed by atoms with van der Waals surface area (Å²) in [5, 5.41) is 6.82. The molecule has 0 saturated carbocycles. The minimum Gasteiger partial charge on any atom is -0.358 e. The van der Waals surface area contributed by atoms with Gasteiger partial charge in [-0.05, 0) is 40.6 Å². The van der Waals surface area contributed by atoms with Crippen molar-refractivity contribution in [3.05, 3.63) is 27.2 Å². The van der Waals surface area contributed by atoms with Gasteiger partial charge in [0.1, 0.15) is 11.7 Å². The first-order valence-corrected chi connectivity index (χ1v) is 6.30. The largest absolute Gasteiger partial charge is 0.358 e. The molecule has 3 heterocycles. The van der Waals surface area contributed by atoms with Gasteiger partial charge in [0, 0.05) is 16.4 Å². The fourth-order valence-electron chi connectivity index (χ4n) is 2.24. The average Bonchev–Trinajstić information content (AvgIpc) is 2.93. The lowest BCUT2D eigenvalue weighted by Gasteiger charge is -2.23. The van der Waals surface area contributed by atoms with Crippen molar-refractivity contribution in [2.75, 3.05) is 6.61 Å². The molecule has 21 heavy (non-hydrogen) atoms. The second-order valence-corrected chi connectivity index (χ2v) is 4.37. The highest BCUT2D eigenvalue weighted by atomic mass is 16.5. The fourth-order valence-corrected chi connectivity index (χ4v) is 2.24. The van der Waals surface area contributed by atoms with E-state index >= 15 is 0 Å². The van der Waals surface area contributed by atoms with Gasteiger partial charge in [0.2, 0.25) is 5.95 Å². The summed E-state index contributed by atoms with van der Waals surface area (Å²) in [6.07, 6.45) is 4.28. The summed E-state index contributed by atoms with van der Waals surface area (Å²) in [5.41, 5.74) is 17.9. The number of rotatable bonds is 3. The van der Waals surface area contributed by atoms with Crippen molar-refractivity contribution in [3.8, 4) is 0 Å². The summed E-state index contributed by atoms with van der Waals surface area (Å²) in [4.78, 5) is 17.5. The number of nitrogens with zero attached hydrogens (tertiary/aromatic N) is 10. The summed E-state index contributed by atoms with van der Waals surface area (Å²) < 4.78 is 7.42. The van der Waals surface area contributed by atoms with Crippen molar-refractivity contribution in [1.29, 1.82) is 0 Å². The number of aromatic nitrogens is 4. The van der Waals surface area contributed by atoms with Gasteiger partial charge in [-0.15, -0.1) is 0 Å². The number of hydrogen-bond donors (Lipinski definition) is 0. The van der Waals surface area contributed by atoms with Crippen LogP contribution in [-0.2, 0) is 4.74 Å². The van der Waals surface area contributed by atoms with Gasteiger partial charge >= 0.3 is 0 Å². The minimum absolute atomic E-state index is 0.0273. The van der Waals surface area contributed by atoms with Gasteiger partial charge in [0.05, 0.1) is 6.33 Å². The maximum absolute atomic E-state index is 8.59. The number of fused-ring (bicyclic) bond motifs is 1. The van der Waals surface area contributed by atoms with E-state index < -0.39 is 0 Å². The molecule has 1 fully saturated rings. The third-order valence-electron chi connectivity index (χ3n) is 3.13. The Morgan fingerprint density at radius 3 is 2.81 bits per heavy atom. The lowest BCUT2D eigenvalue weighted by atomic mass is 10.2. The molecule has 2 aromatic rings. The summed E-state index contributed by atoms with van der Waals surface area (Å²) in [6, 6.07) is 0. The van der Waals surface area contributed by atoms with E-state index in [2.05, 4.69) is 35.0 Å². The number of azide groups is 2. The monoisotopic (exact) mass is 286 g/mol. The first-order valence-electron chi connectivity index (χ1n) is 6.30. The van der Waals surface area contributed by atoms with Gasteiger partial charge in [-0.3, -0.25) is 4.57 Å². The smallest absolute Gasteiger partial charge is 0.219 e. The molecular formula is C10H10N10O. The summed E-state index contributed by atoms with van der Waals surface area (Å²) >= 11 is 0. The highest BCUT2D eigenvalue weighted by Gasteiger charge is 2.20. The fraction of sp³-hybridized carbons (Fsp3) is 0.500. The van der Waals surface area contributed by atoms with Crippen LogP contribution in [0.4, 0.5) is 11.8 Å². The van der Waals surface area contributed by atoms with Crippen LogP contribution in [0.25, 0.3) is 32.0 Å². The summed E-state index contributed by atoms with van der Waals surface area (Å²) in [5.74, 6) is -0.0931. The minimum atomic E-state index is -0.184. The highest BCUT2D eigenvalue weighted by molar-refractivity contribution is 5.82. The topological polar surface area (TPSA) is 150 Å². The van der Waals surface area contributed by atoms with Crippen molar-refractivity contribution >= 4 is 22.9 Å². The number of imidazole rings is 1. The molecular weight excluding hydrogens is 276 g/mol. The SMILES string of the molecule is [N-]=[N+]=Nc1nc(N=[N+]=[N-])c2ncn(C3CCCCO3)c2n1. The molecule has 2 aromatic heterocycles. The predicted molar refractivity (Wildman–Crippen MR) is 71.8 cm³/mol. The lowest BCUT2D eigenvalue weighted by Crippen LogP contribution is -2.17. The van der Waals surface area contributed by atoms with Crippen LogP contribution < -0.4 is 0 Å². The van der Waals surface area contributed by atoms with Crippen LogP contribution in [0, 0.1) is 0 Å². The third-order valence-corrected chi connectivity index (χ3v) is 3.13. The Morgan fingerprint density at radius 2 is 2.10 bits per heavy atom. The van der Waals surface area contributed by atoms with Crippen LogP contribution in [0.5, 0.6) is 0 Å². The second kappa shape index (κ2) is 5.63. The van der Waals surface area contributed by atoms with Gasteiger partial charge < -0.3 is 4.74 Å². The Bertz CT molecular complexity index is 763. The standard InChI is InChI=1S/C10H10N10O/c11-18-16-8-7-9(15-10(14-8)17-19-12)20(5-13-7)6-3-1-2-4-21-6/h5-6H,1-4H2. The van der Waals surface area contributed by atoms with E-state index in [4.69, 9.17) is 15.8 Å². The first-order chi connectivity index (χ1) is 10.3. The maximum Gasteiger partial charge on any atom is 0.219 e. The molecule has 11 nitrogen and oxygen atoms in total. The van der Waals surface area contributed by atoms with Crippen molar-refractivity contribution < 1.29 is 4.74 Å². The molecule has 1 atom stereocenters. The number of ether oxygens (including phenoxy) is 1. The lowest BCUT2D eigenvalue weighted by molar-refractivity contribution is -0.0298. The van der Waals surface area contributed by atoms with E-state index in [9.17, 15) is 0 Å². The van der Waals surface area contributed by atoms with Crippen molar-refractivity contribution in [3.63, 3.8) is 0 Å². The van der Waals surface area contributed by atoms with Gasteiger partial charge in [0.15, 0.2) is 11.5 Å². The molecule has 1 unspecified atom stereocenters. The molecule has 0 aromatic carbocycles. The van der Waals surface area contributed by atoms with E-state index in [0.717, 1.165) is 19.3 Å². The van der Waals surface area contributed by atoms with Crippen LogP contribution in [0.15, 0.2) is 16.6 Å². The molecule has 0 N–H and O–H groups in total. The van der Waals surface area contributed by atoms with E-state index in [1.165, 1.54) is 0 Å². The van der Waals surface area contributed by atoms with Gasteiger partial charge in [-0.2, -0.15) is 0 Å². The van der Waals surface area contributed by atoms with E-state index in [-0.39, 0.29) is 18.0 Å². The predicted octanol–water partition coefficient (Wildman–Crippen LogP) is 3.41. The molecule has 1 saturated heterocycles. The van der Waals surface area contributed by atoms with Gasteiger partial charge in [-0.1, -0.05) is 0 Å². The molecule has 0 radical (unpaired) electrons. The van der Waals surface area contributed by atoms with Crippen LogP contribution in [0.3, 0.4) is 0 Å². The van der Waals surface area contributed by atoms with E-state index in [1.54, 1.807) is 10.9 Å². The summed E-state index contributed by atoms with van der Waals surface area (Å²) in [6.45, 7) is 0.668. The van der Waals surface area contributed by atoms with Crippen molar-refractivity contribution in [1.82, 2.24) is 19.5 Å². The molecule has 106 valence electrons. The number of hydrogen-bond acceptors (Lipinski definition) is 6. The summed E-state index contributed by atoms with van der Waals surface area (Å²) in [7, 11) is 0. The van der Waals surface area contributed by atoms with Crippen molar-refractivity contribution in [2.24, 2.45) is 10.2 Å². The quantitative estimate of drug-likeness (QED) is 0.482. The Balaban J connectivity index is 2.18. The van der Waals surface area contributed by atoms with Gasteiger partial charge in [-0.25, -0.2) is 15.0 Å².